The van der Waals surface area contributed by atoms with Crippen LogP contribution < -0.4 is 9.80 Å². The second kappa shape index (κ2) is 6.90. The van der Waals surface area contributed by atoms with Gasteiger partial charge in [-0.2, -0.15) is 0 Å². The van der Waals surface area contributed by atoms with Gasteiger partial charge in [-0.25, -0.2) is 0 Å². The van der Waals surface area contributed by atoms with E-state index in [-0.39, 0.29) is 5.75 Å². The molecule has 0 aliphatic carbocycles. The molecular weight excluding hydrogens is 334 g/mol. The van der Waals surface area contributed by atoms with Gasteiger partial charge in [0.1, 0.15) is 12.1 Å². The number of hydrogen-bond donors (Lipinski definition) is 2. The lowest BCUT2D eigenvalue weighted by atomic mass is 10.1. The number of nitrogens with zero attached hydrogens (tertiary/aromatic N) is 2. The molecule has 1 fully saturated rings. The van der Waals surface area contributed by atoms with Gasteiger partial charge in [0, 0.05) is 17.3 Å². The lowest BCUT2D eigenvalue weighted by Gasteiger charge is -2.33. The van der Waals surface area contributed by atoms with E-state index in [9.17, 15) is 5.11 Å². The number of phenolic OH excluding ortho intramolecular Hbond substituents is 1. The molecule has 5 heteroatoms. The van der Waals surface area contributed by atoms with Gasteiger partial charge in [-0.1, -0.05) is 29.8 Å². The maximum absolute atomic E-state index is 10.6. The number of piperazine rings is 1. The largest absolute Gasteiger partial charge is 0.505 e. The number of pyridine rings is 1. The molecular formula is C20H21ClN3O+. The molecule has 1 aliphatic rings. The minimum atomic E-state index is 0.262. The highest BCUT2D eigenvalue weighted by molar-refractivity contribution is 6.35. The number of benzene rings is 2. The first-order valence-electron chi connectivity index (χ1n) is 8.61. The van der Waals surface area contributed by atoms with E-state index in [0.717, 1.165) is 43.7 Å². The molecule has 4 nitrogen and oxygen atoms in total. The van der Waals surface area contributed by atoms with Crippen LogP contribution in [0.4, 0.5) is 5.69 Å². The molecule has 0 amide bonds. The normalized spacial score (nSPS) is 15.6. The topological polar surface area (TPSA) is 40.8 Å². The summed E-state index contributed by atoms with van der Waals surface area (Å²) in [5, 5.41) is 12.0. The van der Waals surface area contributed by atoms with Crippen LogP contribution in [0.5, 0.6) is 5.75 Å². The Morgan fingerprint density at radius 3 is 2.60 bits per heavy atom. The molecule has 0 atom stereocenters. The minimum absolute atomic E-state index is 0.262. The van der Waals surface area contributed by atoms with Gasteiger partial charge in [0.2, 0.25) is 0 Å². The van der Waals surface area contributed by atoms with Gasteiger partial charge < -0.3 is 14.9 Å². The van der Waals surface area contributed by atoms with Crippen LogP contribution in [-0.4, -0.2) is 36.3 Å². The fourth-order valence-corrected chi connectivity index (χ4v) is 3.82. The number of aromatic hydroxyl groups is 1. The van der Waals surface area contributed by atoms with Gasteiger partial charge in [-0.15, -0.1) is 0 Å². The first kappa shape index (κ1) is 16.2. The molecule has 3 aromatic rings. The van der Waals surface area contributed by atoms with Crippen LogP contribution in [0.1, 0.15) is 5.56 Å². The third-order valence-corrected chi connectivity index (χ3v) is 5.24. The predicted octanol–water partition coefficient (Wildman–Crippen LogP) is 2.50. The summed E-state index contributed by atoms with van der Waals surface area (Å²) in [6.07, 6.45) is 1.69. The van der Waals surface area contributed by atoms with Crippen molar-refractivity contribution in [3.63, 3.8) is 0 Å². The van der Waals surface area contributed by atoms with Crippen LogP contribution in [0.15, 0.2) is 54.7 Å². The van der Waals surface area contributed by atoms with E-state index in [1.54, 1.807) is 6.20 Å². The van der Waals surface area contributed by atoms with Crippen molar-refractivity contribution in [1.29, 1.82) is 0 Å². The number of fused-ring (bicyclic) bond motifs is 1. The summed E-state index contributed by atoms with van der Waals surface area (Å²) in [6, 6.07) is 16.1. The average Bonchev–Trinajstić information content (AvgIpc) is 2.67. The maximum atomic E-state index is 10.6. The molecule has 128 valence electrons. The fraction of sp³-hybridized carbons (Fsp3) is 0.250. The Morgan fingerprint density at radius 1 is 1.08 bits per heavy atom. The average molecular weight is 355 g/mol. The molecule has 2 aromatic carbocycles. The number of halogens is 1. The lowest BCUT2D eigenvalue weighted by Crippen LogP contribution is -3.13. The number of para-hydroxylation sites is 1. The molecule has 25 heavy (non-hydrogen) atoms. The van der Waals surface area contributed by atoms with Gasteiger partial charge >= 0.3 is 0 Å². The highest BCUT2D eigenvalue weighted by atomic mass is 35.5. The van der Waals surface area contributed by atoms with Gasteiger partial charge in [-0.3, -0.25) is 4.98 Å². The van der Waals surface area contributed by atoms with Crippen molar-refractivity contribution in [2.24, 2.45) is 0 Å². The zero-order valence-corrected chi connectivity index (χ0v) is 14.7. The van der Waals surface area contributed by atoms with E-state index in [2.05, 4.69) is 34.1 Å². The zero-order valence-electron chi connectivity index (χ0n) is 14.0. The maximum Gasteiger partial charge on any atom is 0.150 e. The van der Waals surface area contributed by atoms with Gasteiger partial charge in [0.25, 0.3) is 0 Å². The minimum Gasteiger partial charge on any atom is -0.505 e. The summed E-state index contributed by atoms with van der Waals surface area (Å²) in [7, 11) is 0. The second-order valence-corrected chi connectivity index (χ2v) is 6.92. The molecule has 0 bridgehead atoms. The van der Waals surface area contributed by atoms with E-state index in [4.69, 9.17) is 11.6 Å². The van der Waals surface area contributed by atoms with Crippen molar-refractivity contribution < 1.29 is 10.0 Å². The standard InChI is InChI=1S/C20H20ClN3O/c21-18-13-15(20(25)19-17(18)7-4-8-22-19)14-23-9-11-24(12-10-23)16-5-2-1-3-6-16/h1-8,13,25H,9-12,14H2/p+1. The molecule has 0 saturated carbocycles. The van der Waals surface area contributed by atoms with Crippen LogP contribution in [0, 0.1) is 0 Å². The number of nitrogens with one attached hydrogen (secondary N) is 1. The van der Waals surface area contributed by atoms with E-state index in [0.29, 0.717) is 10.5 Å². The number of phenols is 1. The van der Waals surface area contributed by atoms with Crippen LogP contribution >= 0.6 is 11.6 Å². The van der Waals surface area contributed by atoms with Gasteiger partial charge in [0.05, 0.1) is 36.8 Å². The van der Waals surface area contributed by atoms with E-state index >= 15 is 0 Å². The quantitative estimate of drug-likeness (QED) is 0.759. The molecule has 1 aliphatic heterocycles. The number of rotatable bonds is 3. The van der Waals surface area contributed by atoms with Crippen LogP contribution in [0.3, 0.4) is 0 Å². The molecule has 1 saturated heterocycles. The van der Waals surface area contributed by atoms with Crippen LogP contribution in [0.2, 0.25) is 5.02 Å². The van der Waals surface area contributed by atoms with Crippen molar-refractivity contribution in [3.05, 3.63) is 65.3 Å². The third-order valence-electron chi connectivity index (χ3n) is 4.93. The molecule has 2 heterocycles. The highest BCUT2D eigenvalue weighted by Crippen LogP contribution is 2.32. The third kappa shape index (κ3) is 3.28. The molecule has 1 aromatic heterocycles. The monoisotopic (exact) mass is 354 g/mol. The lowest BCUT2D eigenvalue weighted by molar-refractivity contribution is -0.914. The Hall–Kier alpha value is -2.30. The summed E-state index contributed by atoms with van der Waals surface area (Å²) >= 11 is 6.39. The van der Waals surface area contributed by atoms with E-state index in [1.165, 1.54) is 10.6 Å². The van der Waals surface area contributed by atoms with Crippen molar-refractivity contribution in [2.45, 2.75) is 6.54 Å². The Balaban J connectivity index is 1.49. The Kier molecular flexibility index (Phi) is 4.47. The SMILES string of the molecule is Oc1c(C[NH+]2CCN(c3ccccc3)CC2)cc(Cl)c2cccnc12. The summed E-state index contributed by atoms with van der Waals surface area (Å²) in [4.78, 5) is 8.16. The fourth-order valence-electron chi connectivity index (χ4n) is 3.54. The number of aromatic nitrogens is 1. The van der Waals surface area contributed by atoms with Gasteiger partial charge in [0.15, 0.2) is 5.75 Å². The number of quaternary nitrogens is 1. The van der Waals surface area contributed by atoms with Crippen molar-refractivity contribution in [2.75, 3.05) is 31.1 Å². The molecule has 4 rings (SSSR count). The first-order valence-corrected chi connectivity index (χ1v) is 8.99. The number of hydrogen-bond acceptors (Lipinski definition) is 3. The highest BCUT2D eigenvalue weighted by Gasteiger charge is 2.22. The molecule has 0 unspecified atom stereocenters. The number of anilines is 1. The van der Waals surface area contributed by atoms with Crippen LogP contribution in [-0.2, 0) is 6.54 Å². The first-order chi connectivity index (χ1) is 12.2. The van der Waals surface area contributed by atoms with Crippen molar-refractivity contribution in [1.82, 2.24) is 4.98 Å². The smallest absolute Gasteiger partial charge is 0.150 e. The molecule has 0 spiro atoms. The molecule has 0 radical (unpaired) electrons. The summed E-state index contributed by atoms with van der Waals surface area (Å²) < 4.78 is 0. The van der Waals surface area contributed by atoms with E-state index < -0.39 is 0 Å². The predicted molar refractivity (Wildman–Crippen MR) is 101 cm³/mol. The summed E-state index contributed by atoms with van der Waals surface area (Å²) in [6.45, 7) is 4.86. The van der Waals surface area contributed by atoms with Crippen molar-refractivity contribution >= 4 is 28.2 Å². The Labute approximate surface area is 152 Å². The second-order valence-electron chi connectivity index (χ2n) is 6.52. The van der Waals surface area contributed by atoms with Crippen molar-refractivity contribution in [3.8, 4) is 5.75 Å². The summed E-state index contributed by atoms with van der Waals surface area (Å²) in [5.41, 5.74) is 2.74. The zero-order chi connectivity index (χ0) is 17.2. The Bertz CT molecular complexity index is 877. The molecule has 2 N–H and O–H groups in total. The summed E-state index contributed by atoms with van der Waals surface area (Å²) in [5.74, 6) is 0.262. The van der Waals surface area contributed by atoms with Crippen LogP contribution in [0.25, 0.3) is 10.9 Å². The van der Waals surface area contributed by atoms with Gasteiger partial charge in [-0.05, 0) is 30.3 Å². The van der Waals surface area contributed by atoms with E-state index in [1.807, 2.05) is 24.3 Å². The Morgan fingerprint density at radius 2 is 1.84 bits per heavy atom.